The molecule has 1 aromatic heterocycles. The highest BCUT2D eigenvalue weighted by molar-refractivity contribution is 5.66. The van der Waals surface area contributed by atoms with E-state index in [1.165, 1.54) is 37.7 Å². The molecule has 0 radical (unpaired) electrons. The average molecular weight is 238 g/mol. The van der Waals surface area contributed by atoms with Crippen LogP contribution in [0.5, 0.6) is 0 Å². The molecule has 0 spiro atoms. The van der Waals surface area contributed by atoms with Crippen molar-refractivity contribution in [1.82, 2.24) is 0 Å². The molecule has 1 heterocycles. The van der Waals surface area contributed by atoms with Crippen LogP contribution in [-0.4, -0.2) is 11.1 Å². The van der Waals surface area contributed by atoms with Crippen LogP contribution in [0.15, 0.2) is 23.0 Å². The topological polar surface area (TPSA) is 50.4 Å². The molecule has 17 heavy (non-hydrogen) atoms. The number of unbranched alkanes of at least 4 members (excludes halogenated alkanes) is 6. The van der Waals surface area contributed by atoms with Crippen molar-refractivity contribution < 1.29 is 14.3 Å². The molecule has 0 atom stereocenters. The van der Waals surface area contributed by atoms with E-state index < -0.39 is 5.97 Å². The first-order valence-electron chi connectivity index (χ1n) is 6.52. The second-order valence-corrected chi connectivity index (χ2v) is 4.50. The molecule has 96 valence electrons. The molecule has 0 aromatic carbocycles. The molecule has 0 fully saturated rings. The molecule has 0 unspecified atom stereocenters. The third-order valence-corrected chi connectivity index (χ3v) is 2.94. The molecule has 1 aromatic rings. The number of hydrogen-bond donors (Lipinski definition) is 1. The van der Waals surface area contributed by atoms with Gasteiger partial charge in [0.25, 0.3) is 0 Å². The van der Waals surface area contributed by atoms with Crippen molar-refractivity contribution in [3.8, 4) is 0 Å². The third kappa shape index (κ3) is 7.61. The Kier molecular flexibility index (Phi) is 7.19. The van der Waals surface area contributed by atoms with E-state index in [1.807, 2.05) is 12.3 Å². The number of hydrogen-bond acceptors (Lipinski definition) is 2. The molecule has 0 saturated heterocycles. The number of carbonyl (C=O) groups is 1. The number of aryl methyl sites for hydroxylation is 1. The maximum Gasteiger partial charge on any atom is 0.303 e. The van der Waals surface area contributed by atoms with Gasteiger partial charge in [-0.1, -0.05) is 32.1 Å². The average Bonchev–Trinajstić information content (AvgIpc) is 2.79. The van der Waals surface area contributed by atoms with Gasteiger partial charge in [0.05, 0.1) is 12.5 Å². The lowest BCUT2D eigenvalue weighted by molar-refractivity contribution is -0.137. The van der Waals surface area contributed by atoms with Gasteiger partial charge in [-0.05, 0) is 30.9 Å². The van der Waals surface area contributed by atoms with Crippen LogP contribution in [0.25, 0.3) is 0 Å². The molecule has 0 aliphatic rings. The minimum absolute atomic E-state index is 0.320. The fraction of sp³-hybridized carbons (Fsp3) is 0.643. The van der Waals surface area contributed by atoms with Gasteiger partial charge in [-0.25, -0.2) is 0 Å². The first-order chi connectivity index (χ1) is 8.29. The monoisotopic (exact) mass is 238 g/mol. The van der Waals surface area contributed by atoms with Gasteiger partial charge >= 0.3 is 5.97 Å². The van der Waals surface area contributed by atoms with Crippen LogP contribution >= 0.6 is 0 Å². The fourth-order valence-electron chi connectivity index (χ4n) is 1.92. The lowest BCUT2D eigenvalue weighted by Crippen LogP contribution is -1.93. The summed E-state index contributed by atoms with van der Waals surface area (Å²) in [6.07, 6.45) is 13.0. The molecular formula is C14H22O3. The molecule has 1 N–H and O–H groups in total. The first-order valence-corrected chi connectivity index (χ1v) is 6.52. The van der Waals surface area contributed by atoms with Crippen LogP contribution in [0.4, 0.5) is 0 Å². The Bertz CT molecular complexity index is 290. The Morgan fingerprint density at radius 1 is 1.06 bits per heavy atom. The Morgan fingerprint density at radius 2 is 1.71 bits per heavy atom. The SMILES string of the molecule is O=C(O)CCCCCCCCCc1ccoc1. The van der Waals surface area contributed by atoms with Crippen LogP contribution in [-0.2, 0) is 11.2 Å². The van der Waals surface area contributed by atoms with Gasteiger partial charge in [-0.15, -0.1) is 0 Å². The van der Waals surface area contributed by atoms with Gasteiger partial charge in [0, 0.05) is 6.42 Å². The Hall–Kier alpha value is -1.25. The van der Waals surface area contributed by atoms with Crippen molar-refractivity contribution in [3.05, 3.63) is 24.2 Å². The molecule has 0 saturated carbocycles. The Balaban J connectivity index is 1.80. The lowest BCUT2D eigenvalue weighted by Gasteiger charge is -2.00. The normalized spacial score (nSPS) is 10.6. The van der Waals surface area contributed by atoms with E-state index >= 15 is 0 Å². The van der Waals surface area contributed by atoms with Crippen LogP contribution in [0.1, 0.15) is 56.9 Å². The van der Waals surface area contributed by atoms with Crippen LogP contribution in [0, 0.1) is 0 Å². The smallest absolute Gasteiger partial charge is 0.303 e. The zero-order valence-electron chi connectivity index (χ0n) is 10.4. The van der Waals surface area contributed by atoms with E-state index in [1.54, 1.807) is 6.26 Å². The molecule has 1 rings (SSSR count). The predicted molar refractivity (Wildman–Crippen MR) is 67.0 cm³/mol. The van der Waals surface area contributed by atoms with E-state index in [2.05, 4.69) is 0 Å². The number of furan rings is 1. The van der Waals surface area contributed by atoms with Crippen molar-refractivity contribution in [3.63, 3.8) is 0 Å². The molecule has 0 bridgehead atoms. The summed E-state index contributed by atoms with van der Waals surface area (Å²) in [7, 11) is 0. The number of rotatable bonds is 10. The van der Waals surface area contributed by atoms with Gasteiger partial charge in [0.1, 0.15) is 0 Å². The van der Waals surface area contributed by atoms with Crippen LogP contribution < -0.4 is 0 Å². The molecule has 3 heteroatoms. The van der Waals surface area contributed by atoms with Gasteiger partial charge < -0.3 is 9.52 Å². The van der Waals surface area contributed by atoms with Crippen molar-refractivity contribution in [1.29, 1.82) is 0 Å². The highest BCUT2D eigenvalue weighted by Crippen LogP contribution is 2.11. The zero-order chi connectivity index (χ0) is 12.3. The van der Waals surface area contributed by atoms with Crippen molar-refractivity contribution in [2.24, 2.45) is 0 Å². The van der Waals surface area contributed by atoms with Gasteiger partial charge in [-0.3, -0.25) is 4.79 Å². The minimum Gasteiger partial charge on any atom is -0.481 e. The van der Waals surface area contributed by atoms with E-state index in [-0.39, 0.29) is 0 Å². The van der Waals surface area contributed by atoms with E-state index in [4.69, 9.17) is 9.52 Å². The molecular weight excluding hydrogens is 216 g/mol. The van der Waals surface area contributed by atoms with E-state index in [0.717, 1.165) is 19.3 Å². The number of aliphatic carboxylic acids is 1. The number of carboxylic acid groups (broad SMARTS) is 1. The Labute approximate surface area is 103 Å². The third-order valence-electron chi connectivity index (χ3n) is 2.94. The van der Waals surface area contributed by atoms with E-state index in [0.29, 0.717) is 6.42 Å². The first kappa shape index (κ1) is 13.8. The lowest BCUT2D eigenvalue weighted by atomic mass is 10.1. The summed E-state index contributed by atoms with van der Waals surface area (Å²) in [6.45, 7) is 0. The zero-order valence-corrected chi connectivity index (χ0v) is 10.4. The van der Waals surface area contributed by atoms with Crippen molar-refractivity contribution in [2.45, 2.75) is 57.8 Å². The van der Waals surface area contributed by atoms with Crippen LogP contribution in [0.2, 0.25) is 0 Å². The summed E-state index contributed by atoms with van der Waals surface area (Å²) in [5, 5.41) is 8.47. The second kappa shape index (κ2) is 8.85. The standard InChI is InChI=1S/C14H22O3/c15-14(16)9-7-5-3-1-2-4-6-8-13-10-11-17-12-13/h10-12H,1-9H2,(H,15,16). The van der Waals surface area contributed by atoms with Gasteiger partial charge in [0.2, 0.25) is 0 Å². The molecule has 0 aliphatic heterocycles. The largest absolute Gasteiger partial charge is 0.481 e. The summed E-state index contributed by atoms with van der Waals surface area (Å²) < 4.78 is 5.01. The summed E-state index contributed by atoms with van der Waals surface area (Å²) in [5.74, 6) is -0.676. The number of carboxylic acids is 1. The molecule has 0 amide bonds. The second-order valence-electron chi connectivity index (χ2n) is 4.50. The summed E-state index contributed by atoms with van der Waals surface area (Å²) in [6, 6.07) is 2.02. The molecule has 0 aliphatic carbocycles. The van der Waals surface area contributed by atoms with Crippen molar-refractivity contribution in [2.75, 3.05) is 0 Å². The summed E-state index contributed by atoms with van der Waals surface area (Å²) in [5.41, 5.74) is 1.28. The summed E-state index contributed by atoms with van der Waals surface area (Å²) >= 11 is 0. The highest BCUT2D eigenvalue weighted by Gasteiger charge is 1.97. The van der Waals surface area contributed by atoms with Crippen LogP contribution in [0.3, 0.4) is 0 Å². The van der Waals surface area contributed by atoms with Gasteiger partial charge in [-0.2, -0.15) is 0 Å². The fourth-order valence-corrected chi connectivity index (χ4v) is 1.92. The maximum absolute atomic E-state index is 10.3. The summed E-state index contributed by atoms with van der Waals surface area (Å²) in [4.78, 5) is 10.3. The quantitative estimate of drug-likeness (QED) is 0.626. The Morgan fingerprint density at radius 3 is 2.29 bits per heavy atom. The van der Waals surface area contributed by atoms with Gasteiger partial charge in [0.15, 0.2) is 0 Å². The predicted octanol–water partition coefficient (Wildman–Crippen LogP) is 4.03. The molecule has 3 nitrogen and oxygen atoms in total. The highest BCUT2D eigenvalue weighted by atomic mass is 16.4. The van der Waals surface area contributed by atoms with Crippen molar-refractivity contribution >= 4 is 5.97 Å². The minimum atomic E-state index is -0.676. The van der Waals surface area contributed by atoms with E-state index in [9.17, 15) is 4.79 Å². The maximum atomic E-state index is 10.3.